The standard InChI is InChI=1S/C15H12ClN3O3S2/c1-9(20)17-11-3-5-12(6-4-11)24(21,22)19-15-18-13-7-2-10(16)8-14(13)23-15/h2-8H,1H3,(H,17,20)(H,18,19). The number of nitrogens with zero attached hydrogens (tertiary/aromatic N) is 1. The molecule has 9 heteroatoms. The first-order valence-corrected chi connectivity index (χ1v) is 9.48. The number of amides is 1. The lowest BCUT2D eigenvalue weighted by Gasteiger charge is -2.06. The molecule has 0 atom stereocenters. The number of benzene rings is 2. The molecule has 0 saturated heterocycles. The van der Waals surface area contributed by atoms with Crippen LogP contribution in [-0.4, -0.2) is 19.3 Å². The van der Waals surface area contributed by atoms with Gasteiger partial charge in [-0.1, -0.05) is 22.9 Å². The number of hydrogen-bond donors (Lipinski definition) is 2. The smallest absolute Gasteiger partial charge is 0.263 e. The molecule has 24 heavy (non-hydrogen) atoms. The molecule has 0 radical (unpaired) electrons. The number of carbonyl (C=O) groups excluding carboxylic acids is 1. The van der Waals surface area contributed by atoms with Crippen LogP contribution in [0.3, 0.4) is 0 Å². The molecular weight excluding hydrogens is 370 g/mol. The topological polar surface area (TPSA) is 88.2 Å². The van der Waals surface area contributed by atoms with Crippen LogP contribution >= 0.6 is 22.9 Å². The minimum atomic E-state index is -3.76. The van der Waals surface area contributed by atoms with Crippen molar-refractivity contribution >= 4 is 59.9 Å². The van der Waals surface area contributed by atoms with E-state index in [4.69, 9.17) is 11.6 Å². The van der Waals surface area contributed by atoms with E-state index in [1.54, 1.807) is 18.2 Å². The van der Waals surface area contributed by atoms with Crippen molar-refractivity contribution in [1.29, 1.82) is 0 Å². The average molecular weight is 382 g/mol. The lowest BCUT2D eigenvalue weighted by atomic mass is 10.3. The molecule has 6 nitrogen and oxygen atoms in total. The second kappa shape index (κ2) is 6.39. The van der Waals surface area contributed by atoms with Gasteiger partial charge in [0, 0.05) is 17.6 Å². The van der Waals surface area contributed by atoms with Crippen LogP contribution in [-0.2, 0) is 14.8 Å². The third-order valence-electron chi connectivity index (χ3n) is 3.06. The maximum atomic E-state index is 12.4. The summed E-state index contributed by atoms with van der Waals surface area (Å²) in [4.78, 5) is 15.3. The lowest BCUT2D eigenvalue weighted by Crippen LogP contribution is -2.13. The second-order valence-corrected chi connectivity index (χ2v) is 8.09. The Labute approximate surface area is 147 Å². The molecule has 0 fully saturated rings. The third kappa shape index (κ3) is 3.66. The van der Waals surface area contributed by atoms with Gasteiger partial charge < -0.3 is 5.32 Å². The minimum Gasteiger partial charge on any atom is -0.326 e. The molecule has 0 spiro atoms. The van der Waals surface area contributed by atoms with E-state index in [1.165, 1.54) is 42.5 Å². The van der Waals surface area contributed by atoms with Gasteiger partial charge in [0.25, 0.3) is 10.0 Å². The highest BCUT2D eigenvalue weighted by molar-refractivity contribution is 7.93. The van der Waals surface area contributed by atoms with E-state index in [1.807, 2.05) is 0 Å². The Balaban J connectivity index is 1.85. The highest BCUT2D eigenvalue weighted by Crippen LogP contribution is 2.29. The number of rotatable bonds is 4. The van der Waals surface area contributed by atoms with Gasteiger partial charge in [-0.15, -0.1) is 0 Å². The fraction of sp³-hybridized carbons (Fsp3) is 0.0667. The number of fused-ring (bicyclic) bond motifs is 1. The van der Waals surface area contributed by atoms with Crippen LogP contribution < -0.4 is 10.0 Å². The summed E-state index contributed by atoms with van der Waals surface area (Å²) in [6.45, 7) is 1.38. The van der Waals surface area contributed by atoms with Crippen molar-refractivity contribution in [2.75, 3.05) is 10.0 Å². The van der Waals surface area contributed by atoms with Gasteiger partial charge in [-0.3, -0.25) is 9.52 Å². The fourth-order valence-corrected chi connectivity index (χ4v) is 4.41. The van der Waals surface area contributed by atoms with Crippen molar-refractivity contribution in [2.24, 2.45) is 0 Å². The van der Waals surface area contributed by atoms with Crippen LogP contribution in [0, 0.1) is 0 Å². The zero-order valence-corrected chi connectivity index (χ0v) is 14.8. The van der Waals surface area contributed by atoms with Crippen molar-refractivity contribution in [1.82, 2.24) is 4.98 Å². The molecule has 124 valence electrons. The number of sulfonamides is 1. The van der Waals surface area contributed by atoms with Gasteiger partial charge in [0.1, 0.15) is 0 Å². The van der Waals surface area contributed by atoms with Crippen LogP contribution in [0.2, 0.25) is 5.02 Å². The summed E-state index contributed by atoms with van der Waals surface area (Å²) in [5, 5.41) is 3.41. The van der Waals surface area contributed by atoms with Gasteiger partial charge in [0.2, 0.25) is 5.91 Å². The van der Waals surface area contributed by atoms with Crippen LogP contribution in [0.1, 0.15) is 6.92 Å². The quantitative estimate of drug-likeness (QED) is 0.721. The highest BCUT2D eigenvalue weighted by atomic mass is 35.5. The predicted octanol–water partition coefficient (Wildman–Crippen LogP) is 3.71. The Morgan fingerprint density at radius 2 is 1.88 bits per heavy atom. The number of carbonyl (C=O) groups is 1. The fourth-order valence-electron chi connectivity index (χ4n) is 2.04. The Morgan fingerprint density at radius 1 is 1.17 bits per heavy atom. The van der Waals surface area contributed by atoms with E-state index in [9.17, 15) is 13.2 Å². The van der Waals surface area contributed by atoms with Gasteiger partial charge in [0.05, 0.1) is 15.1 Å². The summed E-state index contributed by atoms with van der Waals surface area (Å²) < 4.78 is 28.1. The summed E-state index contributed by atoms with van der Waals surface area (Å²) >= 11 is 7.12. The predicted molar refractivity (Wildman–Crippen MR) is 96.2 cm³/mol. The van der Waals surface area contributed by atoms with E-state index < -0.39 is 10.0 Å². The molecule has 1 aromatic heterocycles. The molecule has 0 unspecified atom stereocenters. The molecule has 2 N–H and O–H groups in total. The molecule has 1 amide bonds. The van der Waals surface area contributed by atoms with Crippen molar-refractivity contribution < 1.29 is 13.2 Å². The minimum absolute atomic E-state index is 0.0777. The van der Waals surface area contributed by atoms with Gasteiger partial charge >= 0.3 is 0 Å². The molecule has 3 rings (SSSR count). The number of nitrogens with one attached hydrogen (secondary N) is 2. The van der Waals surface area contributed by atoms with Crippen LogP contribution in [0.15, 0.2) is 47.4 Å². The third-order valence-corrected chi connectivity index (χ3v) is 5.71. The van der Waals surface area contributed by atoms with E-state index >= 15 is 0 Å². The van der Waals surface area contributed by atoms with Crippen molar-refractivity contribution in [3.63, 3.8) is 0 Å². The molecule has 0 bridgehead atoms. The first-order valence-electron chi connectivity index (χ1n) is 6.80. The monoisotopic (exact) mass is 381 g/mol. The van der Waals surface area contributed by atoms with E-state index in [-0.39, 0.29) is 15.9 Å². The molecule has 3 aromatic rings. The zero-order valence-electron chi connectivity index (χ0n) is 12.4. The van der Waals surface area contributed by atoms with Gasteiger partial charge in [-0.2, -0.15) is 0 Å². The van der Waals surface area contributed by atoms with Crippen LogP contribution in [0.25, 0.3) is 10.2 Å². The number of aromatic nitrogens is 1. The maximum Gasteiger partial charge on any atom is 0.263 e. The first kappa shape index (κ1) is 16.7. The van der Waals surface area contributed by atoms with Crippen LogP contribution in [0.5, 0.6) is 0 Å². The normalized spacial score (nSPS) is 11.4. The van der Waals surface area contributed by atoms with Gasteiger partial charge in [-0.25, -0.2) is 13.4 Å². The number of hydrogen-bond acceptors (Lipinski definition) is 5. The van der Waals surface area contributed by atoms with E-state index in [0.29, 0.717) is 16.2 Å². The van der Waals surface area contributed by atoms with Crippen molar-refractivity contribution in [3.05, 3.63) is 47.5 Å². The van der Waals surface area contributed by atoms with E-state index in [2.05, 4.69) is 15.0 Å². The lowest BCUT2D eigenvalue weighted by molar-refractivity contribution is -0.114. The van der Waals surface area contributed by atoms with Gasteiger partial charge in [0.15, 0.2) is 5.13 Å². The largest absolute Gasteiger partial charge is 0.326 e. The number of thiazole rings is 1. The summed E-state index contributed by atoms with van der Waals surface area (Å²) in [6.07, 6.45) is 0. The Hall–Kier alpha value is -2.16. The van der Waals surface area contributed by atoms with Crippen molar-refractivity contribution in [2.45, 2.75) is 11.8 Å². The number of halogens is 1. The van der Waals surface area contributed by atoms with Crippen molar-refractivity contribution in [3.8, 4) is 0 Å². The van der Waals surface area contributed by atoms with E-state index in [0.717, 1.165) is 4.70 Å². The molecular formula is C15H12ClN3O3S2. The average Bonchev–Trinajstić information content (AvgIpc) is 2.87. The Kier molecular flexibility index (Phi) is 4.44. The summed E-state index contributed by atoms with van der Waals surface area (Å²) in [5.41, 5.74) is 1.19. The van der Waals surface area contributed by atoms with Gasteiger partial charge in [-0.05, 0) is 42.5 Å². The molecule has 2 aromatic carbocycles. The molecule has 1 heterocycles. The number of anilines is 2. The zero-order chi connectivity index (χ0) is 17.3. The molecule has 0 aliphatic heterocycles. The first-order chi connectivity index (χ1) is 11.3. The Morgan fingerprint density at radius 3 is 2.54 bits per heavy atom. The SMILES string of the molecule is CC(=O)Nc1ccc(S(=O)(=O)Nc2nc3ccc(Cl)cc3s2)cc1. The molecule has 0 saturated carbocycles. The summed E-state index contributed by atoms with van der Waals surface area (Å²) in [6, 6.07) is 11.0. The second-order valence-electron chi connectivity index (χ2n) is 4.94. The molecule has 0 aliphatic carbocycles. The Bertz CT molecular complexity index is 1010. The summed E-state index contributed by atoms with van der Waals surface area (Å²) in [7, 11) is -3.76. The maximum absolute atomic E-state index is 12.4. The molecule has 0 aliphatic rings. The highest BCUT2D eigenvalue weighted by Gasteiger charge is 2.16. The van der Waals surface area contributed by atoms with Crippen LogP contribution in [0.4, 0.5) is 10.8 Å². The summed E-state index contributed by atoms with van der Waals surface area (Å²) in [5.74, 6) is -0.225.